The summed E-state index contributed by atoms with van der Waals surface area (Å²) in [6, 6.07) is 12.8. The average Bonchev–Trinajstić information content (AvgIpc) is 2.85. The molecule has 1 aliphatic heterocycles. The lowest BCUT2D eigenvalue weighted by atomic mass is 9.99. The predicted octanol–water partition coefficient (Wildman–Crippen LogP) is 4.04. The van der Waals surface area contributed by atoms with Gasteiger partial charge in [-0.2, -0.15) is 10.5 Å². The van der Waals surface area contributed by atoms with Gasteiger partial charge in [0.1, 0.15) is 23.0 Å². The summed E-state index contributed by atoms with van der Waals surface area (Å²) in [6.07, 6.45) is 3.70. The number of benzene rings is 1. The Kier molecular flexibility index (Phi) is 9.24. The molecule has 0 amide bonds. The van der Waals surface area contributed by atoms with Gasteiger partial charge in [-0.3, -0.25) is 4.31 Å². The summed E-state index contributed by atoms with van der Waals surface area (Å²) in [5.74, 6) is 1.24. The molecule has 1 N–H and O–H groups in total. The van der Waals surface area contributed by atoms with Gasteiger partial charge < -0.3 is 10.2 Å². The van der Waals surface area contributed by atoms with E-state index in [0.717, 1.165) is 37.1 Å². The van der Waals surface area contributed by atoms with Gasteiger partial charge in [0.2, 0.25) is 10.0 Å². The maximum atomic E-state index is 11.8. The Hall–Kier alpha value is -2.79. The number of nitriles is 2. The van der Waals surface area contributed by atoms with Crippen LogP contribution in [0, 0.1) is 22.7 Å². The molecular weight excluding hydrogens is 492 g/mol. The first-order valence-electron chi connectivity index (χ1n) is 12.1. The van der Waals surface area contributed by atoms with Crippen molar-refractivity contribution in [2.75, 3.05) is 35.6 Å². The number of thioether (sulfide) groups is 1. The quantitative estimate of drug-likeness (QED) is 0.487. The Morgan fingerprint density at radius 2 is 1.78 bits per heavy atom. The van der Waals surface area contributed by atoms with Crippen molar-refractivity contribution in [2.24, 2.45) is 0 Å². The molecule has 1 saturated heterocycles. The molecule has 0 atom stereocenters. The maximum Gasteiger partial charge on any atom is 0.231 e. The third-order valence-corrected chi connectivity index (χ3v) is 8.61. The van der Waals surface area contributed by atoms with Crippen molar-refractivity contribution < 1.29 is 8.42 Å². The third kappa shape index (κ3) is 6.50. The van der Waals surface area contributed by atoms with Gasteiger partial charge >= 0.3 is 0 Å². The fraction of sp³-hybridized carbons (Fsp3) is 0.500. The Bertz CT molecular complexity index is 1260. The highest BCUT2D eigenvalue weighted by Crippen LogP contribution is 2.34. The number of hydrogen-bond donors (Lipinski definition) is 1. The molecule has 0 saturated carbocycles. The molecule has 10 heteroatoms. The highest BCUT2D eigenvalue weighted by atomic mass is 32.2. The molecule has 0 spiro atoms. The Morgan fingerprint density at radius 1 is 1.17 bits per heavy atom. The number of pyridine rings is 1. The van der Waals surface area contributed by atoms with Gasteiger partial charge in [-0.1, -0.05) is 32.9 Å². The summed E-state index contributed by atoms with van der Waals surface area (Å²) in [7, 11) is -1.80. The van der Waals surface area contributed by atoms with Crippen LogP contribution in [0.2, 0.25) is 0 Å². The van der Waals surface area contributed by atoms with Crippen molar-refractivity contribution >= 4 is 33.3 Å². The Labute approximate surface area is 219 Å². The molecule has 1 fully saturated rings. The number of nitrogens with zero attached hydrogens (tertiary/aromatic N) is 5. The number of anilines is 2. The van der Waals surface area contributed by atoms with Crippen LogP contribution in [0.15, 0.2) is 29.3 Å². The zero-order valence-electron chi connectivity index (χ0n) is 21.6. The van der Waals surface area contributed by atoms with Crippen LogP contribution < -0.4 is 14.5 Å². The van der Waals surface area contributed by atoms with Gasteiger partial charge in [0.05, 0.1) is 23.1 Å². The van der Waals surface area contributed by atoms with Crippen molar-refractivity contribution in [2.45, 2.75) is 62.9 Å². The average molecular weight is 527 g/mol. The molecule has 0 radical (unpaired) electrons. The number of piperidine rings is 1. The zero-order valence-corrected chi connectivity index (χ0v) is 23.2. The number of rotatable bonds is 9. The van der Waals surface area contributed by atoms with E-state index in [-0.39, 0.29) is 0 Å². The molecule has 0 unspecified atom stereocenters. The number of sulfonamides is 1. The van der Waals surface area contributed by atoms with E-state index < -0.39 is 10.0 Å². The van der Waals surface area contributed by atoms with E-state index in [0.29, 0.717) is 51.9 Å². The van der Waals surface area contributed by atoms with Gasteiger partial charge in [0.25, 0.3) is 0 Å². The fourth-order valence-electron chi connectivity index (χ4n) is 4.39. The van der Waals surface area contributed by atoms with Gasteiger partial charge in [-0.25, -0.2) is 13.4 Å². The topological polar surface area (TPSA) is 113 Å². The van der Waals surface area contributed by atoms with E-state index in [4.69, 9.17) is 4.98 Å². The van der Waals surface area contributed by atoms with Crippen LogP contribution in [-0.2, 0) is 22.2 Å². The first-order chi connectivity index (χ1) is 17.1. The SMILES string of the molecule is CCc1c(C#N)c(SCc2ccc(N(C)S(C)(=O)=O)cc2)nc(N2CCC(NC(C)C)CC2)c1C#N. The molecule has 0 aliphatic carbocycles. The molecule has 1 aliphatic rings. The monoisotopic (exact) mass is 526 g/mol. The van der Waals surface area contributed by atoms with Crippen LogP contribution in [0.1, 0.15) is 55.9 Å². The van der Waals surface area contributed by atoms with Crippen molar-refractivity contribution in [3.63, 3.8) is 0 Å². The molecule has 0 bridgehead atoms. The summed E-state index contributed by atoms with van der Waals surface area (Å²) in [5.41, 5.74) is 3.29. The van der Waals surface area contributed by atoms with Crippen LogP contribution in [0.3, 0.4) is 0 Å². The normalized spacial score (nSPS) is 14.5. The largest absolute Gasteiger partial charge is 0.355 e. The van der Waals surface area contributed by atoms with Gasteiger partial charge in [0, 0.05) is 38.0 Å². The first-order valence-corrected chi connectivity index (χ1v) is 15.0. The first kappa shape index (κ1) is 27.8. The van der Waals surface area contributed by atoms with E-state index >= 15 is 0 Å². The van der Waals surface area contributed by atoms with E-state index in [1.165, 1.54) is 29.4 Å². The van der Waals surface area contributed by atoms with Gasteiger partial charge in [0.15, 0.2) is 0 Å². The highest BCUT2D eigenvalue weighted by Gasteiger charge is 2.26. The van der Waals surface area contributed by atoms with Gasteiger partial charge in [-0.05, 0) is 42.5 Å². The Balaban J connectivity index is 1.86. The molecular formula is C26H34N6O2S2. The molecule has 2 aromatic rings. The minimum Gasteiger partial charge on any atom is -0.355 e. The molecule has 8 nitrogen and oxygen atoms in total. The fourth-order valence-corrected chi connectivity index (χ4v) is 5.86. The van der Waals surface area contributed by atoms with E-state index in [2.05, 4.69) is 36.2 Å². The number of nitrogens with one attached hydrogen (secondary N) is 1. The van der Waals surface area contributed by atoms with E-state index in [1.807, 2.05) is 19.1 Å². The lowest BCUT2D eigenvalue weighted by Gasteiger charge is -2.35. The summed E-state index contributed by atoms with van der Waals surface area (Å²) in [4.78, 5) is 7.04. The third-order valence-electron chi connectivity index (χ3n) is 6.36. The molecule has 1 aromatic heterocycles. The second-order valence-corrected chi connectivity index (χ2v) is 12.3. The number of aromatic nitrogens is 1. The molecule has 1 aromatic carbocycles. The number of hydrogen-bond acceptors (Lipinski definition) is 8. The van der Waals surface area contributed by atoms with Crippen molar-refractivity contribution in [1.29, 1.82) is 10.5 Å². The van der Waals surface area contributed by atoms with Crippen LogP contribution in [0.5, 0.6) is 0 Å². The lowest BCUT2D eigenvalue weighted by Crippen LogP contribution is -2.45. The second-order valence-electron chi connectivity index (χ2n) is 9.31. The zero-order chi connectivity index (χ0) is 26.5. The minimum absolute atomic E-state index is 0.430. The van der Waals surface area contributed by atoms with Crippen LogP contribution in [0.25, 0.3) is 0 Å². The van der Waals surface area contributed by atoms with Crippen LogP contribution >= 0.6 is 11.8 Å². The summed E-state index contributed by atoms with van der Waals surface area (Å²) in [6.45, 7) is 7.87. The summed E-state index contributed by atoms with van der Waals surface area (Å²) >= 11 is 1.47. The van der Waals surface area contributed by atoms with E-state index in [1.54, 1.807) is 12.1 Å². The smallest absolute Gasteiger partial charge is 0.231 e. The summed E-state index contributed by atoms with van der Waals surface area (Å²) < 4.78 is 24.8. The van der Waals surface area contributed by atoms with E-state index in [9.17, 15) is 18.9 Å². The second kappa shape index (κ2) is 12.0. The van der Waals surface area contributed by atoms with Crippen LogP contribution in [0.4, 0.5) is 11.5 Å². The standard InChI is InChI=1S/C26H34N6O2S2/c1-6-22-23(15-27)25(32-13-11-20(12-14-32)29-18(2)3)30-26(24(22)16-28)35-17-19-7-9-21(10-8-19)31(4)36(5,33)34/h7-10,18,20,29H,6,11-14,17H2,1-5H3. The van der Waals surface area contributed by atoms with Crippen molar-refractivity contribution in [3.8, 4) is 12.1 Å². The highest BCUT2D eigenvalue weighted by molar-refractivity contribution is 7.98. The van der Waals surface area contributed by atoms with Crippen LogP contribution in [-0.4, -0.2) is 51.9 Å². The Morgan fingerprint density at radius 3 is 2.28 bits per heavy atom. The molecule has 2 heterocycles. The molecule has 3 rings (SSSR count). The van der Waals surface area contributed by atoms with Crippen molar-refractivity contribution in [3.05, 3.63) is 46.5 Å². The predicted molar refractivity (Wildman–Crippen MR) is 146 cm³/mol. The minimum atomic E-state index is -3.33. The van der Waals surface area contributed by atoms with Gasteiger partial charge in [-0.15, -0.1) is 11.8 Å². The lowest BCUT2D eigenvalue weighted by molar-refractivity contribution is 0.386. The molecule has 192 valence electrons. The maximum absolute atomic E-state index is 11.8. The summed E-state index contributed by atoms with van der Waals surface area (Å²) in [5, 5.41) is 24.2. The molecule has 36 heavy (non-hydrogen) atoms. The van der Waals surface area contributed by atoms with Crippen molar-refractivity contribution in [1.82, 2.24) is 10.3 Å².